The van der Waals surface area contributed by atoms with Gasteiger partial charge in [-0.2, -0.15) is 4.89 Å². The molecule has 4 heteroatoms. The van der Waals surface area contributed by atoms with Crippen molar-refractivity contribution >= 4 is 5.97 Å². The maximum absolute atomic E-state index is 11.0. The summed E-state index contributed by atoms with van der Waals surface area (Å²) in [4.78, 5) is 19.9. The van der Waals surface area contributed by atoms with Crippen LogP contribution in [-0.2, 0) is 19.7 Å². The third kappa shape index (κ3) is 6.86. The first kappa shape index (κ1) is 13.4. The van der Waals surface area contributed by atoms with Crippen LogP contribution in [0.3, 0.4) is 0 Å². The maximum atomic E-state index is 11.0. The Morgan fingerprint density at radius 1 is 1.36 bits per heavy atom. The Morgan fingerprint density at radius 2 is 1.93 bits per heavy atom. The van der Waals surface area contributed by atoms with Crippen LogP contribution in [0.4, 0.5) is 0 Å². The lowest BCUT2D eigenvalue weighted by Gasteiger charge is -2.11. The van der Waals surface area contributed by atoms with Gasteiger partial charge >= 0.3 is 5.97 Å². The van der Waals surface area contributed by atoms with Gasteiger partial charge in [-0.25, -0.2) is 9.90 Å². The fraction of sp³-hybridized carbons (Fsp3) is 0.900. The summed E-state index contributed by atoms with van der Waals surface area (Å²) in [7, 11) is 0. The summed E-state index contributed by atoms with van der Waals surface area (Å²) >= 11 is 0. The van der Waals surface area contributed by atoms with Crippen LogP contribution in [0.15, 0.2) is 0 Å². The molecule has 1 radical (unpaired) electrons. The normalized spacial score (nSPS) is 11.9. The van der Waals surface area contributed by atoms with Gasteiger partial charge in [-0.1, -0.05) is 13.8 Å². The molecule has 0 unspecified atom stereocenters. The highest BCUT2D eigenvalue weighted by Gasteiger charge is 2.29. The van der Waals surface area contributed by atoms with Gasteiger partial charge in [0.15, 0.2) is 5.60 Å². The average molecular weight is 203 g/mol. The molecular weight excluding hydrogens is 184 g/mol. The van der Waals surface area contributed by atoms with Gasteiger partial charge in [0, 0.05) is 0 Å². The Bertz CT molecular complexity index is 169. The Labute approximate surface area is 85.1 Å². The fourth-order valence-electron chi connectivity index (χ4n) is 0.746. The summed E-state index contributed by atoms with van der Waals surface area (Å²) in [6.07, 6.45) is 1.84. The van der Waals surface area contributed by atoms with Gasteiger partial charge in [0.1, 0.15) is 0 Å². The van der Waals surface area contributed by atoms with E-state index < -0.39 is 11.6 Å². The highest BCUT2D eigenvalue weighted by Crippen LogP contribution is 2.07. The van der Waals surface area contributed by atoms with E-state index in [-0.39, 0.29) is 0 Å². The summed E-state index contributed by atoms with van der Waals surface area (Å²) < 4.78 is 0. The van der Waals surface area contributed by atoms with E-state index in [2.05, 4.69) is 23.6 Å². The number of carbonyl (C=O) groups excluding carboxylic acids is 1. The van der Waals surface area contributed by atoms with Crippen molar-refractivity contribution < 1.29 is 19.7 Å². The summed E-state index contributed by atoms with van der Waals surface area (Å²) in [5.74, 6) is -0.271. The largest absolute Gasteiger partial charge is 0.376 e. The molecule has 14 heavy (non-hydrogen) atoms. The van der Waals surface area contributed by atoms with E-state index in [9.17, 15) is 9.90 Å². The highest BCUT2D eigenvalue weighted by atomic mass is 17.2. The zero-order valence-corrected chi connectivity index (χ0v) is 9.33. The molecule has 83 valence electrons. The van der Waals surface area contributed by atoms with Crippen molar-refractivity contribution in [1.82, 2.24) is 0 Å². The zero-order valence-electron chi connectivity index (χ0n) is 9.33. The van der Waals surface area contributed by atoms with Gasteiger partial charge in [-0.05, 0) is 32.6 Å². The van der Waals surface area contributed by atoms with E-state index in [4.69, 9.17) is 0 Å². The fourth-order valence-corrected chi connectivity index (χ4v) is 0.746. The number of hydrogen-bond donors (Lipinski definition) is 0. The molecule has 0 amide bonds. The minimum absolute atomic E-state index is 0.347. The number of hydrogen-bond acceptors (Lipinski definition) is 3. The second-order valence-electron chi connectivity index (χ2n) is 4.24. The lowest BCUT2D eigenvalue weighted by atomic mass is 10.1. The van der Waals surface area contributed by atoms with E-state index in [1.54, 1.807) is 0 Å². The van der Waals surface area contributed by atoms with Crippen molar-refractivity contribution in [3.05, 3.63) is 0 Å². The second-order valence-corrected chi connectivity index (χ2v) is 4.24. The zero-order chi connectivity index (χ0) is 11.2. The molecule has 0 aliphatic heterocycles. The Hall–Kier alpha value is -0.610. The van der Waals surface area contributed by atoms with Crippen molar-refractivity contribution in [2.24, 2.45) is 5.92 Å². The van der Waals surface area contributed by atoms with Crippen LogP contribution in [0.25, 0.3) is 0 Å². The molecule has 0 heterocycles. The number of carbonyl (C=O) groups is 1. The van der Waals surface area contributed by atoms with Crippen molar-refractivity contribution in [3.8, 4) is 0 Å². The van der Waals surface area contributed by atoms with E-state index >= 15 is 0 Å². The summed E-state index contributed by atoms with van der Waals surface area (Å²) in [5, 5.41) is 11.0. The van der Waals surface area contributed by atoms with Crippen LogP contribution in [0.5, 0.6) is 0 Å². The predicted molar refractivity (Wildman–Crippen MR) is 50.9 cm³/mol. The van der Waals surface area contributed by atoms with Crippen LogP contribution >= 0.6 is 0 Å². The first-order valence-electron chi connectivity index (χ1n) is 4.88. The molecular formula is C10H19O4. The monoisotopic (exact) mass is 203 g/mol. The molecule has 0 aromatic carbocycles. The van der Waals surface area contributed by atoms with Crippen LogP contribution in [0, 0.1) is 5.92 Å². The molecule has 0 atom stereocenters. The van der Waals surface area contributed by atoms with Crippen LogP contribution in [-0.4, -0.2) is 18.2 Å². The maximum Gasteiger partial charge on any atom is 0.376 e. The van der Waals surface area contributed by atoms with E-state index in [0.29, 0.717) is 12.5 Å². The molecule has 0 rings (SSSR count). The van der Waals surface area contributed by atoms with Crippen molar-refractivity contribution in [2.45, 2.75) is 46.1 Å². The molecule has 0 saturated carbocycles. The highest BCUT2D eigenvalue weighted by molar-refractivity contribution is 5.77. The van der Waals surface area contributed by atoms with Gasteiger partial charge in [-0.3, -0.25) is 4.89 Å². The SMILES string of the molecule is CC(C)CCCOOC(=O)C(C)(C)[O]. The van der Waals surface area contributed by atoms with Gasteiger partial charge in [-0.15, -0.1) is 0 Å². The molecule has 0 aliphatic carbocycles. The topological polar surface area (TPSA) is 55.4 Å². The Morgan fingerprint density at radius 3 is 2.36 bits per heavy atom. The molecule has 0 spiro atoms. The predicted octanol–water partition coefficient (Wildman–Crippen LogP) is 2.11. The van der Waals surface area contributed by atoms with E-state index in [1.165, 1.54) is 13.8 Å². The third-order valence-corrected chi connectivity index (χ3v) is 1.64. The third-order valence-electron chi connectivity index (χ3n) is 1.64. The van der Waals surface area contributed by atoms with Gasteiger partial charge in [0.25, 0.3) is 0 Å². The first-order valence-corrected chi connectivity index (χ1v) is 4.88. The standard InChI is InChI=1S/C10H19O4/c1-8(2)6-5-7-13-14-9(11)10(3,4)12/h8H,5-7H2,1-4H3. The Balaban J connectivity index is 3.42. The molecule has 0 aromatic heterocycles. The van der Waals surface area contributed by atoms with Gasteiger partial charge < -0.3 is 0 Å². The molecule has 0 saturated heterocycles. The van der Waals surface area contributed by atoms with E-state index in [0.717, 1.165) is 12.8 Å². The van der Waals surface area contributed by atoms with E-state index in [1.807, 2.05) is 0 Å². The summed E-state index contributed by atoms with van der Waals surface area (Å²) in [6.45, 7) is 7.04. The van der Waals surface area contributed by atoms with Crippen LogP contribution in [0.1, 0.15) is 40.5 Å². The lowest BCUT2D eigenvalue weighted by molar-refractivity contribution is -0.286. The van der Waals surface area contributed by atoms with Crippen molar-refractivity contribution in [3.63, 3.8) is 0 Å². The molecule has 4 nitrogen and oxygen atoms in total. The summed E-state index contributed by atoms with van der Waals surface area (Å²) in [6, 6.07) is 0. The Kier molecular flexibility index (Phi) is 5.72. The quantitative estimate of drug-likeness (QED) is 0.377. The molecule has 0 aromatic rings. The minimum Gasteiger partial charge on any atom is -0.295 e. The molecule has 0 aliphatic rings. The van der Waals surface area contributed by atoms with Crippen LogP contribution in [0.2, 0.25) is 0 Å². The number of rotatable bonds is 6. The molecule has 0 bridgehead atoms. The van der Waals surface area contributed by atoms with Gasteiger partial charge in [0.2, 0.25) is 0 Å². The smallest absolute Gasteiger partial charge is 0.295 e. The molecule has 0 fully saturated rings. The summed E-state index contributed by atoms with van der Waals surface area (Å²) in [5.41, 5.74) is -1.74. The first-order chi connectivity index (χ1) is 6.34. The lowest BCUT2D eigenvalue weighted by Crippen LogP contribution is -2.31. The van der Waals surface area contributed by atoms with Crippen LogP contribution < -0.4 is 0 Å². The minimum atomic E-state index is -1.74. The van der Waals surface area contributed by atoms with Crippen molar-refractivity contribution in [2.75, 3.05) is 6.61 Å². The molecule has 0 N–H and O–H groups in total. The van der Waals surface area contributed by atoms with Crippen molar-refractivity contribution in [1.29, 1.82) is 0 Å². The second kappa shape index (κ2) is 5.98. The average Bonchev–Trinajstić information content (AvgIpc) is 2.01. The van der Waals surface area contributed by atoms with Gasteiger partial charge in [0.05, 0.1) is 6.61 Å².